The summed E-state index contributed by atoms with van der Waals surface area (Å²) in [6, 6.07) is 5.55. The maximum atomic E-state index is 12.0. The molecule has 1 heterocycles. The number of hydrogen-bond acceptors (Lipinski definition) is 3. The van der Waals surface area contributed by atoms with Crippen LogP contribution in [0, 0.1) is 0 Å². The Morgan fingerprint density at radius 3 is 2.94 bits per heavy atom. The predicted molar refractivity (Wildman–Crippen MR) is 71.3 cm³/mol. The topological polar surface area (TPSA) is 55.6 Å². The molecule has 1 amide bonds. The van der Waals surface area contributed by atoms with Crippen LogP contribution in [0.15, 0.2) is 18.2 Å². The minimum atomic E-state index is 0.233. The average molecular weight is 248 g/mol. The molecule has 0 bridgehead atoms. The van der Waals surface area contributed by atoms with Gasteiger partial charge in [-0.2, -0.15) is 0 Å². The van der Waals surface area contributed by atoms with E-state index >= 15 is 0 Å². The Bertz CT molecular complexity index is 432. The average Bonchev–Trinajstić information content (AvgIpc) is 2.55. The number of nitrogens with two attached hydrogens (primary N) is 1. The molecule has 2 rings (SSSR count). The Hall–Kier alpha value is -1.71. The lowest BCUT2D eigenvalue weighted by atomic mass is 10.1. The van der Waals surface area contributed by atoms with Gasteiger partial charge >= 0.3 is 0 Å². The number of benzene rings is 1. The van der Waals surface area contributed by atoms with Crippen molar-refractivity contribution >= 4 is 11.6 Å². The zero-order valence-corrected chi connectivity index (χ0v) is 10.8. The molecule has 0 unspecified atom stereocenters. The normalized spacial score (nSPS) is 16.5. The minimum absolute atomic E-state index is 0.233. The van der Waals surface area contributed by atoms with Crippen LogP contribution in [-0.4, -0.2) is 24.5 Å². The van der Waals surface area contributed by atoms with Crippen LogP contribution in [-0.2, 0) is 11.3 Å². The van der Waals surface area contributed by atoms with Gasteiger partial charge in [-0.3, -0.25) is 4.79 Å². The van der Waals surface area contributed by atoms with Crippen LogP contribution in [0.25, 0.3) is 0 Å². The number of methoxy groups -OCH3 is 1. The molecular formula is C14H20N2O2. The van der Waals surface area contributed by atoms with E-state index in [0.717, 1.165) is 37.1 Å². The summed E-state index contributed by atoms with van der Waals surface area (Å²) in [4.78, 5) is 13.9. The standard InChI is InChI=1S/C14H20N2O2/c1-18-13-7-6-12(15)9-11(13)10-16-8-4-2-3-5-14(16)17/h6-7,9H,2-5,8,10,15H2,1H3. The molecule has 18 heavy (non-hydrogen) atoms. The van der Waals surface area contributed by atoms with Crippen molar-refractivity contribution in [2.45, 2.75) is 32.2 Å². The van der Waals surface area contributed by atoms with Gasteiger partial charge in [0.2, 0.25) is 5.91 Å². The van der Waals surface area contributed by atoms with Gasteiger partial charge in [-0.1, -0.05) is 6.42 Å². The summed E-state index contributed by atoms with van der Waals surface area (Å²) in [6.45, 7) is 1.42. The summed E-state index contributed by atoms with van der Waals surface area (Å²) in [5, 5.41) is 0. The molecule has 4 heteroatoms. The minimum Gasteiger partial charge on any atom is -0.496 e. The van der Waals surface area contributed by atoms with Crippen molar-refractivity contribution in [2.75, 3.05) is 19.4 Å². The molecule has 1 aromatic rings. The highest BCUT2D eigenvalue weighted by Crippen LogP contribution is 2.24. The van der Waals surface area contributed by atoms with E-state index in [4.69, 9.17) is 10.5 Å². The van der Waals surface area contributed by atoms with E-state index in [9.17, 15) is 4.79 Å². The highest BCUT2D eigenvalue weighted by Gasteiger charge is 2.18. The molecule has 1 aromatic carbocycles. The Morgan fingerprint density at radius 1 is 1.33 bits per heavy atom. The maximum absolute atomic E-state index is 12.0. The van der Waals surface area contributed by atoms with E-state index in [1.807, 2.05) is 23.1 Å². The highest BCUT2D eigenvalue weighted by molar-refractivity contribution is 5.76. The van der Waals surface area contributed by atoms with Crippen molar-refractivity contribution in [3.8, 4) is 5.75 Å². The molecule has 98 valence electrons. The lowest BCUT2D eigenvalue weighted by molar-refractivity contribution is -0.131. The van der Waals surface area contributed by atoms with Crippen molar-refractivity contribution in [2.24, 2.45) is 0 Å². The zero-order chi connectivity index (χ0) is 13.0. The number of amides is 1. The molecule has 1 aliphatic rings. The van der Waals surface area contributed by atoms with Crippen molar-refractivity contribution < 1.29 is 9.53 Å². The van der Waals surface area contributed by atoms with Crippen LogP contribution >= 0.6 is 0 Å². The first-order valence-corrected chi connectivity index (χ1v) is 6.41. The second kappa shape index (κ2) is 5.76. The number of rotatable bonds is 3. The monoisotopic (exact) mass is 248 g/mol. The summed E-state index contributed by atoms with van der Waals surface area (Å²) < 4.78 is 5.31. The van der Waals surface area contributed by atoms with Crippen LogP contribution in [0.1, 0.15) is 31.2 Å². The molecule has 4 nitrogen and oxygen atoms in total. The van der Waals surface area contributed by atoms with Crippen molar-refractivity contribution in [1.82, 2.24) is 4.90 Å². The molecule has 0 aromatic heterocycles. The number of ether oxygens (including phenoxy) is 1. The molecule has 1 saturated heterocycles. The van der Waals surface area contributed by atoms with Crippen molar-refractivity contribution in [1.29, 1.82) is 0 Å². The van der Waals surface area contributed by atoms with Crippen LogP contribution in [0.3, 0.4) is 0 Å². The smallest absolute Gasteiger partial charge is 0.222 e. The molecule has 1 aliphatic heterocycles. The summed E-state index contributed by atoms with van der Waals surface area (Å²) >= 11 is 0. The summed E-state index contributed by atoms with van der Waals surface area (Å²) in [5.41, 5.74) is 7.48. The molecular weight excluding hydrogens is 228 g/mol. The van der Waals surface area contributed by atoms with E-state index in [2.05, 4.69) is 0 Å². The number of likely N-dealkylation sites (tertiary alicyclic amines) is 1. The Balaban J connectivity index is 2.16. The third kappa shape index (κ3) is 2.94. The summed E-state index contributed by atoms with van der Waals surface area (Å²) in [6.07, 6.45) is 3.88. The fraction of sp³-hybridized carbons (Fsp3) is 0.500. The first kappa shape index (κ1) is 12.7. The van der Waals surface area contributed by atoms with E-state index in [1.165, 1.54) is 0 Å². The lowest BCUT2D eigenvalue weighted by Gasteiger charge is -2.22. The van der Waals surface area contributed by atoms with Gasteiger partial charge in [0.05, 0.1) is 7.11 Å². The van der Waals surface area contributed by atoms with E-state index in [-0.39, 0.29) is 5.91 Å². The third-order valence-electron chi connectivity index (χ3n) is 3.34. The number of nitrogens with zero attached hydrogens (tertiary/aromatic N) is 1. The number of anilines is 1. The fourth-order valence-corrected chi connectivity index (χ4v) is 2.33. The number of nitrogen functional groups attached to an aromatic ring is 1. The highest BCUT2D eigenvalue weighted by atomic mass is 16.5. The van der Waals surface area contributed by atoms with Crippen LogP contribution in [0.4, 0.5) is 5.69 Å². The Kier molecular flexibility index (Phi) is 4.07. The van der Waals surface area contributed by atoms with Gasteiger partial charge in [-0.05, 0) is 31.0 Å². The largest absolute Gasteiger partial charge is 0.496 e. The fourth-order valence-electron chi connectivity index (χ4n) is 2.33. The summed E-state index contributed by atoms with van der Waals surface area (Å²) in [7, 11) is 1.64. The van der Waals surface area contributed by atoms with E-state index in [0.29, 0.717) is 18.7 Å². The van der Waals surface area contributed by atoms with E-state index in [1.54, 1.807) is 7.11 Å². The molecule has 0 aliphatic carbocycles. The molecule has 0 spiro atoms. The zero-order valence-electron chi connectivity index (χ0n) is 10.8. The van der Waals surface area contributed by atoms with Crippen LogP contribution in [0.5, 0.6) is 5.75 Å². The lowest BCUT2D eigenvalue weighted by Crippen LogP contribution is -2.29. The number of hydrogen-bond donors (Lipinski definition) is 1. The quantitative estimate of drug-likeness (QED) is 0.834. The van der Waals surface area contributed by atoms with Gasteiger partial charge in [0.25, 0.3) is 0 Å². The second-order valence-electron chi connectivity index (χ2n) is 4.70. The SMILES string of the molecule is COc1ccc(N)cc1CN1CCCCCC1=O. The predicted octanol–water partition coefficient (Wildman–Crippen LogP) is 2.18. The van der Waals surface area contributed by atoms with Gasteiger partial charge < -0.3 is 15.4 Å². The molecule has 2 N–H and O–H groups in total. The van der Waals surface area contributed by atoms with E-state index < -0.39 is 0 Å². The Morgan fingerprint density at radius 2 is 2.17 bits per heavy atom. The molecule has 0 atom stereocenters. The van der Waals surface area contributed by atoms with Gasteiger partial charge in [-0.15, -0.1) is 0 Å². The summed E-state index contributed by atoms with van der Waals surface area (Å²) in [5.74, 6) is 1.03. The number of carbonyl (C=O) groups excluding carboxylic acids is 1. The van der Waals surface area contributed by atoms with Gasteiger partial charge in [0.1, 0.15) is 5.75 Å². The van der Waals surface area contributed by atoms with Crippen LogP contribution in [0.2, 0.25) is 0 Å². The van der Waals surface area contributed by atoms with Crippen molar-refractivity contribution in [3.63, 3.8) is 0 Å². The first-order valence-electron chi connectivity index (χ1n) is 6.41. The van der Waals surface area contributed by atoms with Gasteiger partial charge in [0, 0.05) is 30.8 Å². The first-order chi connectivity index (χ1) is 8.70. The second-order valence-corrected chi connectivity index (χ2v) is 4.70. The number of carbonyl (C=O) groups is 1. The Labute approximate surface area is 108 Å². The van der Waals surface area contributed by atoms with Crippen molar-refractivity contribution in [3.05, 3.63) is 23.8 Å². The van der Waals surface area contributed by atoms with Gasteiger partial charge in [0.15, 0.2) is 0 Å². The molecule has 0 radical (unpaired) electrons. The van der Waals surface area contributed by atoms with Crippen LogP contribution < -0.4 is 10.5 Å². The molecule has 0 saturated carbocycles. The maximum Gasteiger partial charge on any atom is 0.222 e. The molecule has 1 fully saturated rings. The van der Waals surface area contributed by atoms with Gasteiger partial charge in [-0.25, -0.2) is 0 Å². The third-order valence-corrected chi connectivity index (χ3v) is 3.34.